The third-order valence-electron chi connectivity index (χ3n) is 33.0. The van der Waals surface area contributed by atoms with Crippen LogP contribution >= 0.6 is 0 Å². The van der Waals surface area contributed by atoms with Gasteiger partial charge in [-0.05, 0) is 198 Å². The molecule has 760 valence electrons. The Morgan fingerprint density at radius 2 is 0.547 bits per heavy atom. The number of terminal acetylenes is 1. The Balaban J connectivity index is 0.000000112. The molecule has 0 saturated carbocycles. The number of pyridine rings is 2. The lowest BCUT2D eigenvalue weighted by Gasteiger charge is -2.45. The van der Waals surface area contributed by atoms with Crippen molar-refractivity contribution in [1.29, 1.82) is 5.26 Å². The van der Waals surface area contributed by atoms with Crippen molar-refractivity contribution < 1.29 is 28.8 Å². The fourth-order valence-corrected chi connectivity index (χ4v) is 27.0. The predicted molar refractivity (Wildman–Crippen MR) is 577 cm³/mol. The molecule has 6 aliphatic carbocycles. The fraction of sp³-hybridized carbons (Fsp3) is 0.397. The number of fused-ring (bicyclic) bond motifs is 6. The monoisotopic (exact) mass is 1980 g/mol. The first-order valence-corrected chi connectivity index (χ1v) is 51.5. The molecule has 0 bridgehead atoms. The topological polar surface area (TPSA) is 396 Å². The van der Waals surface area contributed by atoms with Crippen molar-refractivity contribution >= 4 is 69.6 Å². The number of carbonyl (C=O) groups excluding carboxylic acids is 6. The van der Waals surface area contributed by atoms with Crippen LogP contribution in [-0.2, 0) is 61.3 Å². The maximum atomic E-state index is 13.3. The molecule has 6 atom stereocenters. The summed E-state index contributed by atoms with van der Waals surface area (Å²) in [5.41, 5.74) is 26.2. The first-order valence-electron chi connectivity index (χ1n) is 51.5. The molecule has 148 heavy (non-hydrogen) atoms. The maximum absolute atomic E-state index is 13.3. The lowest BCUT2D eigenvalue weighted by atomic mass is 9.59. The van der Waals surface area contributed by atoms with E-state index in [4.69, 9.17) is 6.42 Å². The molecule has 0 spiro atoms. The first kappa shape index (κ1) is 101. The number of aromatic nitrogens is 14. The summed E-state index contributed by atoms with van der Waals surface area (Å²) < 4.78 is 0. The van der Waals surface area contributed by atoms with E-state index in [-0.39, 0.29) is 67.2 Å². The van der Waals surface area contributed by atoms with Crippen LogP contribution in [0.5, 0.6) is 0 Å². The van der Waals surface area contributed by atoms with E-state index < -0.39 is 32.5 Å². The molecule has 0 saturated heterocycles. The Morgan fingerprint density at radius 3 is 0.865 bits per heavy atom. The molecule has 12 N–H and O–H groups in total. The van der Waals surface area contributed by atoms with E-state index in [1.54, 1.807) is 12.4 Å². The number of nitrogens with one attached hydrogen (secondary N) is 12. The fourth-order valence-electron chi connectivity index (χ4n) is 27.0. The van der Waals surface area contributed by atoms with Gasteiger partial charge in [-0.1, -0.05) is 223 Å². The molecule has 27 nitrogen and oxygen atoms in total. The zero-order chi connectivity index (χ0) is 106. The minimum atomic E-state index is -0.692. The molecule has 14 heterocycles. The predicted octanol–water partition coefficient (Wildman–Crippen LogP) is 23.3. The second-order valence-corrected chi connectivity index (χ2v) is 48.0. The molecule has 24 rings (SSSR count). The van der Waals surface area contributed by atoms with Crippen molar-refractivity contribution in [2.24, 2.45) is 32.5 Å². The van der Waals surface area contributed by atoms with Crippen molar-refractivity contribution in [2.45, 2.75) is 275 Å². The number of hydrogen-bond donors (Lipinski definition) is 12. The molecule has 0 fully saturated rings. The average molecular weight is 1980 g/mol. The van der Waals surface area contributed by atoms with Crippen LogP contribution in [0.25, 0.3) is 0 Å². The molecule has 0 radical (unpaired) electrons. The van der Waals surface area contributed by atoms with E-state index in [1.165, 1.54) is 16.7 Å². The Labute approximate surface area is 866 Å². The van der Waals surface area contributed by atoms with E-state index in [9.17, 15) is 34.0 Å². The van der Waals surface area contributed by atoms with Crippen molar-refractivity contribution in [3.05, 3.63) is 338 Å². The van der Waals surface area contributed by atoms with Gasteiger partial charge in [-0.25, -0.2) is 0 Å². The summed E-state index contributed by atoms with van der Waals surface area (Å²) in [4.78, 5) is 87.8. The van der Waals surface area contributed by atoms with E-state index in [2.05, 4.69) is 294 Å². The number of allylic oxidation sites excluding steroid dienone is 12. The van der Waals surface area contributed by atoms with Gasteiger partial charge in [0.05, 0.1) is 32.5 Å². The number of aryl methyl sites for hydroxylation is 5. The summed E-state index contributed by atoms with van der Waals surface area (Å²) in [7, 11) is 0. The molecule has 27 heteroatoms. The molecule has 6 unspecified atom stereocenters. The third-order valence-corrected chi connectivity index (χ3v) is 33.0. The highest BCUT2D eigenvalue weighted by Gasteiger charge is 2.58. The van der Waals surface area contributed by atoms with Crippen molar-refractivity contribution in [2.75, 3.05) is 31.9 Å². The second kappa shape index (κ2) is 36.7. The summed E-state index contributed by atoms with van der Waals surface area (Å²) >= 11 is 0. The highest BCUT2D eigenvalue weighted by atomic mass is 16.1. The number of Topliss-reactive ketones (excluding diaryl/α,β-unsaturated/α-hetero) is 6. The van der Waals surface area contributed by atoms with E-state index >= 15 is 0 Å². The smallest absolute Gasteiger partial charge is 0.162 e. The maximum Gasteiger partial charge on any atom is 0.162 e. The van der Waals surface area contributed by atoms with Crippen LogP contribution in [0.4, 0.5) is 34.9 Å². The number of H-pyrrole nitrogens is 6. The van der Waals surface area contributed by atoms with Gasteiger partial charge in [0.25, 0.3) is 0 Å². The normalized spacial score (nSPS) is 24.6. The molecule has 12 aromatic rings. The standard InChI is InChI=1S/C21H25N3O.C21H21N3O.C21H25N3O.C20H20N4O.2C19H22N4O/c1-12-8-6-7-9-14(12)21(5)17-13(2)23-24-19(17)22-15-10-20(3,4)11-16(25)18(15)21;1-5-14-18-19(24-23-14)22-15-11-20(2,3)12-16(25)17(15)21(18,4)13-9-7-6-8-10-13;1-5-21(14-9-7-6-8-10-14)17-13(2)23-24-19(17)22-15-11-20(3,4)12-16(25)18(15)21;1-19(2)9-13-16(15(25)10-19)20(3,12-7-5-4-6-8-12)17-14(11-21)23-24-18(17)22-13;2*1-11-15-17(23-22-11)21-13-8-18(2,3)9-14(24)16(13)19(15,4)12-6-5-7-20-10-12/h6-9H,10-11H2,1-5H3,(H2,22,23,24);1,6-10H,11-12H2,2-4H3,(H2,22,23,24);6-10H,5,11-12H2,1-4H3,(H2,22,23,24);4-8H,9-10H2,1-3H3,(H2,22,23,24);2*5-7,10H,8-9H2,1-4H3,(H2,21,22,23). The van der Waals surface area contributed by atoms with Crippen LogP contribution in [0.1, 0.15) is 315 Å². The van der Waals surface area contributed by atoms with Crippen LogP contribution in [-0.4, -0.2) is 106 Å². The van der Waals surface area contributed by atoms with Crippen molar-refractivity contribution in [3.63, 3.8) is 0 Å². The van der Waals surface area contributed by atoms with Gasteiger partial charge in [0.1, 0.15) is 17.5 Å². The number of anilines is 6. The number of nitrogens with zero attached hydrogens (tertiary/aromatic N) is 9. The van der Waals surface area contributed by atoms with Gasteiger partial charge in [0, 0.05) is 187 Å². The van der Waals surface area contributed by atoms with E-state index in [0.29, 0.717) is 55.7 Å². The highest BCUT2D eigenvalue weighted by Crippen LogP contribution is 2.62. The zero-order valence-electron chi connectivity index (χ0n) is 89.3. The van der Waals surface area contributed by atoms with E-state index in [0.717, 1.165) is 220 Å². The Kier molecular flexibility index (Phi) is 25.1. The number of hydrogen-bond acceptors (Lipinski definition) is 21. The number of nitriles is 1. The van der Waals surface area contributed by atoms with E-state index in [1.807, 2.05) is 132 Å². The summed E-state index contributed by atoms with van der Waals surface area (Å²) in [6, 6.07) is 48.9. The zero-order valence-corrected chi connectivity index (χ0v) is 89.3. The molecule has 12 aliphatic rings. The van der Waals surface area contributed by atoms with Crippen LogP contribution < -0.4 is 31.9 Å². The SMILES string of the molecule is C#Cc1[nH]nc2c1C(C)(c1ccccc1)C1=C(CC(C)(C)CC1=O)N2.CC1(C)CC(=O)C2=C(C1)Nc1n[nH]c(C#N)c1C2(C)c1ccccc1.CCC1(c2ccccc2)C2=C(CC(C)(C)CC2=O)Nc2n[nH]c(C)c21.Cc1[nH]nc2c1C(C)(c1cccnc1)C1=C(CC(C)(C)CC1=O)N2.Cc1[nH]nc2c1C(C)(c1cccnc1)C1=C(CC(C)(C)CC1=O)N2.Cc1ccccc1C1(C)C2=C(CC(C)(C)CC2=O)Nc2n[nH]c(C)c21. The average Bonchev–Trinajstić information content (AvgIpc) is 1.46. The largest absolute Gasteiger partial charge is 0.342 e. The lowest BCUT2D eigenvalue weighted by Crippen LogP contribution is -2.43. The number of carbonyl (C=O) groups is 6. The highest BCUT2D eigenvalue weighted by molar-refractivity contribution is 6.08. The summed E-state index contributed by atoms with van der Waals surface area (Å²) in [6.07, 6.45) is 22.1. The van der Waals surface area contributed by atoms with Gasteiger partial charge >= 0.3 is 0 Å². The molecule has 0 amide bonds. The second-order valence-electron chi connectivity index (χ2n) is 48.0. The minimum Gasteiger partial charge on any atom is -0.342 e. The van der Waals surface area contributed by atoms with Crippen LogP contribution in [0, 0.1) is 90.8 Å². The van der Waals surface area contributed by atoms with Crippen LogP contribution in [0.15, 0.2) is 232 Å². The molecule has 6 aliphatic heterocycles. The van der Waals surface area contributed by atoms with Crippen molar-refractivity contribution in [1.82, 2.24) is 71.2 Å². The van der Waals surface area contributed by atoms with Gasteiger partial charge < -0.3 is 31.9 Å². The summed E-state index contributed by atoms with van der Waals surface area (Å²) in [5.74, 6) is 8.69. The Morgan fingerprint density at radius 1 is 0.291 bits per heavy atom. The summed E-state index contributed by atoms with van der Waals surface area (Å²) in [5, 5.41) is 74.8. The Bertz CT molecular complexity index is 7450. The number of ketones is 6. The minimum absolute atomic E-state index is 0.0259. The van der Waals surface area contributed by atoms with Gasteiger partial charge in [0.2, 0.25) is 0 Å². The number of benzene rings is 4. The molecule has 4 aromatic carbocycles. The van der Waals surface area contributed by atoms with Gasteiger partial charge in [-0.15, -0.1) is 6.42 Å². The Hall–Kier alpha value is -15.3. The molecular weight excluding hydrogens is 1840 g/mol. The molecule has 8 aromatic heterocycles. The number of rotatable bonds is 7. The third kappa shape index (κ3) is 16.9. The quantitative estimate of drug-likeness (QED) is 0.0659. The lowest BCUT2D eigenvalue weighted by molar-refractivity contribution is -0.119. The first-order chi connectivity index (χ1) is 70.0. The summed E-state index contributed by atoms with van der Waals surface area (Å²) in [6.45, 7) is 48.6. The molecular formula is C121H135N21O6. The van der Waals surface area contributed by atoms with Crippen LogP contribution in [0.2, 0.25) is 0 Å². The number of aromatic amines is 6. The van der Waals surface area contributed by atoms with Gasteiger partial charge in [-0.2, -0.15) is 35.9 Å². The van der Waals surface area contributed by atoms with Crippen molar-refractivity contribution in [3.8, 4) is 18.4 Å². The van der Waals surface area contributed by atoms with Crippen LogP contribution in [0.3, 0.4) is 0 Å². The van der Waals surface area contributed by atoms with Gasteiger partial charge in [-0.3, -0.25) is 69.3 Å². The van der Waals surface area contributed by atoms with Gasteiger partial charge in [0.15, 0.2) is 69.6 Å².